The number of rotatable bonds is 5. The highest BCUT2D eigenvalue weighted by atomic mass is 32.1. The maximum absolute atomic E-state index is 13.2. The summed E-state index contributed by atoms with van der Waals surface area (Å²) in [4.78, 5) is 44.0. The Hall–Kier alpha value is -2.22. The molecule has 1 heterocycles. The molecule has 172 valence electrons. The summed E-state index contributed by atoms with van der Waals surface area (Å²) >= 11 is 1.31. The lowest BCUT2D eigenvalue weighted by molar-refractivity contribution is -0.171. The lowest BCUT2D eigenvalue weighted by Crippen LogP contribution is -2.50. The topological polar surface area (TPSA) is 94.1 Å². The van der Waals surface area contributed by atoms with E-state index in [1.165, 1.54) is 37.5 Å². The Labute approximate surface area is 191 Å². The van der Waals surface area contributed by atoms with Crippen LogP contribution in [0.15, 0.2) is 5.16 Å². The van der Waals surface area contributed by atoms with Gasteiger partial charge in [0.2, 0.25) is 5.91 Å². The average Bonchev–Trinajstić information content (AvgIpc) is 3.09. The number of thiophene rings is 1. The standard InChI is InChI=1S/C24H30N2O5S/c1-3-30-22(28)19-17-5-4-6-18(20(17)32-21(19)25-13(2)27)26-31-23(29)24-10-14-7-15(11-24)9-16(8-14)12-24/h14-16H,3-12H2,1-2H3,(H,25,27)/b26-18-. The molecule has 0 radical (unpaired) electrons. The number of anilines is 1. The predicted molar refractivity (Wildman–Crippen MR) is 121 cm³/mol. The van der Waals surface area contributed by atoms with Gasteiger partial charge in [0.1, 0.15) is 5.00 Å². The second-order valence-corrected chi connectivity index (χ2v) is 11.0. The summed E-state index contributed by atoms with van der Waals surface area (Å²) in [5, 5.41) is 7.57. The van der Waals surface area contributed by atoms with Crippen molar-refractivity contribution in [2.24, 2.45) is 28.3 Å². The van der Waals surface area contributed by atoms with Crippen LogP contribution in [0.25, 0.3) is 0 Å². The number of hydrogen-bond donors (Lipinski definition) is 1. The van der Waals surface area contributed by atoms with E-state index < -0.39 is 5.97 Å². The van der Waals surface area contributed by atoms with E-state index in [2.05, 4.69) is 10.5 Å². The molecule has 0 spiro atoms. The van der Waals surface area contributed by atoms with Gasteiger partial charge in [0, 0.05) is 6.92 Å². The van der Waals surface area contributed by atoms with Crippen LogP contribution in [0.3, 0.4) is 0 Å². The van der Waals surface area contributed by atoms with Crippen molar-refractivity contribution in [3.8, 4) is 0 Å². The smallest absolute Gasteiger partial charge is 0.341 e. The third-order valence-electron chi connectivity index (χ3n) is 7.59. The van der Waals surface area contributed by atoms with E-state index in [1.807, 2.05) is 0 Å². The third-order valence-corrected chi connectivity index (χ3v) is 8.79. The summed E-state index contributed by atoms with van der Waals surface area (Å²) < 4.78 is 5.24. The highest BCUT2D eigenvalue weighted by Gasteiger charge is 2.55. The van der Waals surface area contributed by atoms with Crippen molar-refractivity contribution in [2.75, 3.05) is 11.9 Å². The first-order chi connectivity index (χ1) is 15.4. The molecule has 8 heteroatoms. The minimum absolute atomic E-state index is 0.180. The molecule has 32 heavy (non-hydrogen) atoms. The van der Waals surface area contributed by atoms with E-state index in [9.17, 15) is 14.4 Å². The van der Waals surface area contributed by atoms with E-state index in [-0.39, 0.29) is 23.9 Å². The SMILES string of the molecule is CCOC(=O)c1c(NC(C)=O)sc2c1CCC/C2=N/OC(=O)C12CC3CC(CC(C3)C1)C2. The molecule has 0 saturated heterocycles. The largest absolute Gasteiger partial charge is 0.462 e. The van der Waals surface area contributed by atoms with Gasteiger partial charge in [-0.25, -0.2) is 9.59 Å². The van der Waals surface area contributed by atoms with Crippen molar-refractivity contribution < 1.29 is 24.0 Å². The zero-order chi connectivity index (χ0) is 22.5. The zero-order valence-electron chi connectivity index (χ0n) is 18.7. The van der Waals surface area contributed by atoms with Crippen molar-refractivity contribution in [1.82, 2.24) is 0 Å². The average molecular weight is 459 g/mol. The van der Waals surface area contributed by atoms with Gasteiger partial charge in [0.25, 0.3) is 0 Å². The summed E-state index contributed by atoms with van der Waals surface area (Å²) in [5.41, 5.74) is 1.55. The third kappa shape index (κ3) is 3.76. The van der Waals surface area contributed by atoms with Crippen LogP contribution in [0.4, 0.5) is 5.00 Å². The summed E-state index contributed by atoms with van der Waals surface area (Å²) in [6.07, 6.45) is 8.77. The van der Waals surface area contributed by atoms with Crippen molar-refractivity contribution >= 4 is 39.9 Å². The van der Waals surface area contributed by atoms with E-state index in [0.717, 1.165) is 36.1 Å². The molecule has 4 saturated carbocycles. The summed E-state index contributed by atoms with van der Waals surface area (Å²) in [5.74, 6) is 1.11. The summed E-state index contributed by atoms with van der Waals surface area (Å²) in [6.45, 7) is 3.42. The number of carbonyl (C=O) groups excluding carboxylic acids is 3. The van der Waals surface area contributed by atoms with E-state index >= 15 is 0 Å². The second-order valence-electron chi connectivity index (χ2n) is 9.98. The lowest BCUT2D eigenvalue weighted by Gasteiger charge is -2.54. The van der Waals surface area contributed by atoms with Gasteiger partial charge < -0.3 is 14.9 Å². The molecule has 7 nitrogen and oxygen atoms in total. The number of amides is 1. The van der Waals surface area contributed by atoms with Crippen LogP contribution in [-0.4, -0.2) is 30.2 Å². The van der Waals surface area contributed by atoms with Crippen molar-refractivity contribution in [2.45, 2.75) is 71.6 Å². The number of fused-ring (bicyclic) bond motifs is 1. The molecule has 5 aliphatic carbocycles. The van der Waals surface area contributed by atoms with Crippen LogP contribution in [-0.2, 0) is 25.6 Å². The Balaban J connectivity index is 1.41. The minimum atomic E-state index is -0.444. The van der Waals surface area contributed by atoms with Gasteiger partial charge in [-0.15, -0.1) is 11.3 Å². The van der Waals surface area contributed by atoms with Crippen molar-refractivity contribution in [3.05, 3.63) is 16.0 Å². The predicted octanol–water partition coefficient (Wildman–Crippen LogP) is 4.68. The molecule has 1 amide bonds. The molecule has 0 aromatic carbocycles. The summed E-state index contributed by atoms with van der Waals surface area (Å²) in [6, 6.07) is 0. The fraction of sp³-hybridized carbons (Fsp3) is 0.667. The van der Waals surface area contributed by atoms with Gasteiger partial charge in [-0.1, -0.05) is 5.16 Å². The van der Waals surface area contributed by atoms with Crippen LogP contribution < -0.4 is 5.32 Å². The molecule has 5 aliphatic rings. The molecular formula is C24H30N2O5S. The van der Waals surface area contributed by atoms with Crippen LogP contribution in [0, 0.1) is 23.2 Å². The molecule has 1 aromatic heterocycles. The fourth-order valence-corrected chi connectivity index (χ4v) is 8.08. The van der Waals surface area contributed by atoms with Crippen molar-refractivity contribution in [1.29, 1.82) is 0 Å². The number of esters is 1. The zero-order valence-corrected chi connectivity index (χ0v) is 19.5. The maximum Gasteiger partial charge on any atom is 0.341 e. The van der Waals surface area contributed by atoms with E-state index in [4.69, 9.17) is 9.57 Å². The molecule has 1 aromatic rings. The van der Waals surface area contributed by atoms with Gasteiger partial charge in [0.05, 0.1) is 28.2 Å². The van der Waals surface area contributed by atoms with Gasteiger partial charge in [0.15, 0.2) is 0 Å². The van der Waals surface area contributed by atoms with Crippen LogP contribution >= 0.6 is 11.3 Å². The van der Waals surface area contributed by atoms with Gasteiger partial charge in [-0.3, -0.25) is 4.79 Å². The van der Waals surface area contributed by atoms with E-state index in [0.29, 0.717) is 46.9 Å². The van der Waals surface area contributed by atoms with Gasteiger partial charge >= 0.3 is 11.9 Å². The Morgan fingerprint density at radius 3 is 2.34 bits per heavy atom. The first-order valence-corrected chi connectivity index (χ1v) is 12.6. The number of ether oxygens (including phenoxy) is 1. The Morgan fingerprint density at radius 2 is 1.75 bits per heavy atom. The Bertz CT molecular complexity index is 959. The molecule has 6 rings (SSSR count). The van der Waals surface area contributed by atoms with Gasteiger partial charge in [-0.2, -0.15) is 0 Å². The highest BCUT2D eigenvalue weighted by molar-refractivity contribution is 7.19. The molecule has 4 bridgehead atoms. The number of carbonyl (C=O) groups is 3. The maximum atomic E-state index is 13.2. The highest BCUT2D eigenvalue weighted by Crippen LogP contribution is 2.60. The molecular weight excluding hydrogens is 428 g/mol. The Kier molecular flexibility index (Phi) is 5.60. The normalized spacial score (nSPS) is 31.3. The quantitative estimate of drug-likeness (QED) is 0.393. The first-order valence-electron chi connectivity index (χ1n) is 11.8. The number of nitrogens with one attached hydrogen (secondary N) is 1. The van der Waals surface area contributed by atoms with Crippen molar-refractivity contribution in [3.63, 3.8) is 0 Å². The fourth-order valence-electron chi connectivity index (χ4n) is 6.79. The molecule has 1 N–H and O–H groups in total. The first kappa shape index (κ1) is 21.6. The molecule has 4 fully saturated rings. The van der Waals surface area contributed by atoms with Crippen LogP contribution in [0.5, 0.6) is 0 Å². The van der Waals surface area contributed by atoms with Gasteiger partial charge in [-0.05, 0) is 88.0 Å². The van der Waals surface area contributed by atoms with Crippen LogP contribution in [0.1, 0.15) is 86.0 Å². The number of oxime groups is 1. The number of hydrogen-bond acceptors (Lipinski definition) is 7. The minimum Gasteiger partial charge on any atom is -0.462 e. The van der Waals surface area contributed by atoms with E-state index in [1.54, 1.807) is 6.92 Å². The Morgan fingerprint density at radius 1 is 1.09 bits per heavy atom. The monoisotopic (exact) mass is 458 g/mol. The molecule has 0 aliphatic heterocycles. The van der Waals surface area contributed by atoms with Crippen LogP contribution in [0.2, 0.25) is 0 Å². The lowest BCUT2D eigenvalue weighted by atomic mass is 9.49. The number of nitrogens with zero attached hydrogens (tertiary/aromatic N) is 1. The molecule has 0 atom stereocenters. The second kappa shape index (κ2) is 8.28. The molecule has 0 unspecified atom stereocenters. The summed E-state index contributed by atoms with van der Waals surface area (Å²) in [7, 11) is 0.